The van der Waals surface area contributed by atoms with Crippen LogP contribution >= 0.6 is 0 Å². The summed E-state index contributed by atoms with van der Waals surface area (Å²) < 4.78 is 0. The summed E-state index contributed by atoms with van der Waals surface area (Å²) >= 11 is 0. The molecular formula is C27H36O4. The van der Waals surface area contributed by atoms with E-state index in [4.69, 9.17) is 0 Å². The maximum Gasteiger partial charge on any atom is 0.162 e. The lowest BCUT2D eigenvalue weighted by atomic mass is 9.83. The molecule has 0 bridgehead atoms. The van der Waals surface area contributed by atoms with E-state index in [0.29, 0.717) is 28.7 Å². The second kappa shape index (κ2) is 8.86. The number of phenols is 2. The number of Topliss-reactive ketones (excluding diaryl/α,β-unsaturated/α-hetero) is 2. The Bertz CT molecular complexity index is 920. The molecule has 0 saturated heterocycles. The maximum atomic E-state index is 12.8. The minimum atomic E-state index is -0.275. The van der Waals surface area contributed by atoms with Gasteiger partial charge in [-0.2, -0.15) is 0 Å². The number of hydrogen-bond donors (Lipinski definition) is 2. The molecule has 0 aliphatic rings. The van der Waals surface area contributed by atoms with E-state index in [1.807, 2.05) is 41.5 Å². The molecule has 0 aliphatic heterocycles. The predicted molar refractivity (Wildman–Crippen MR) is 126 cm³/mol. The Hall–Kier alpha value is -2.62. The molecule has 0 heterocycles. The molecule has 0 saturated carbocycles. The van der Waals surface area contributed by atoms with Gasteiger partial charge in [0, 0.05) is 35.1 Å². The molecule has 0 aromatic heterocycles. The highest BCUT2D eigenvalue weighted by molar-refractivity contribution is 5.99. The molecule has 2 N–H and O–H groups in total. The fourth-order valence-electron chi connectivity index (χ4n) is 3.72. The van der Waals surface area contributed by atoms with Crippen LogP contribution in [0.4, 0.5) is 0 Å². The first-order valence-corrected chi connectivity index (χ1v) is 10.9. The third-order valence-electron chi connectivity index (χ3n) is 5.67. The molecule has 4 heteroatoms. The van der Waals surface area contributed by atoms with Gasteiger partial charge >= 0.3 is 0 Å². The summed E-state index contributed by atoms with van der Waals surface area (Å²) in [5.74, 6) is 0.408. The van der Waals surface area contributed by atoms with Crippen LogP contribution in [0.3, 0.4) is 0 Å². The Morgan fingerprint density at radius 3 is 1.29 bits per heavy atom. The van der Waals surface area contributed by atoms with Gasteiger partial charge in [0.2, 0.25) is 0 Å². The Morgan fingerprint density at radius 1 is 0.677 bits per heavy atom. The third-order valence-corrected chi connectivity index (χ3v) is 5.67. The zero-order valence-electron chi connectivity index (χ0n) is 20.1. The van der Waals surface area contributed by atoms with E-state index in [2.05, 4.69) is 0 Å². The molecule has 2 rings (SSSR count). The zero-order chi connectivity index (χ0) is 23.7. The highest BCUT2D eigenvalue weighted by atomic mass is 16.3. The molecule has 0 amide bonds. The van der Waals surface area contributed by atoms with Crippen LogP contribution < -0.4 is 0 Å². The maximum absolute atomic E-state index is 12.8. The van der Waals surface area contributed by atoms with Crippen molar-refractivity contribution in [3.63, 3.8) is 0 Å². The molecule has 2 aromatic rings. The highest BCUT2D eigenvalue weighted by Crippen LogP contribution is 2.35. The van der Waals surface area contributed by atoms with Gasteiger partial charge in [0.1, 0.15) is 11.5 Å². The van der Waals surface area contributed by atoms with Crippen molar-refractivity contribution < 1.29 is 19.8 Å². The average molecular weight is 425 g/mol. The van der Waals surface area contributed by atoms with E-state index in [-0.39, 0.29) is 46.7 Å². The number of aryl methyl sites for hydroxylation is 2. The van der Waals surface area contributed by atoms with Gasteiger partial charge < -0.3 is 10.2 Å². The summed E-state index contributed by atoms with van der Waals surface area (Å²) in [6.45, 7) is 15.6. The van der Waals surface area contributed by atoms with Crippen molar-refractivity contribution in [2.45, 2.75) is 85.5 Å². The fraction of sp³-hybridized carbons (Fsp3) is 0.481. The van der Waals surface area contributed by atoms with Gasteiger partial charge in [-0.1, -0.05) is 41.5 Å². The highest BCUT2D eigenvalue weighted by Gasteiger charge is 2.23. The lowest BCUT2D eigenvalue weighted by Gasteiger charge is -2.22. The van der Waals surface area contributed by atoms with Crippen molar-refractivity contribution in [3.8, 4) is 11.5 Å². The zero-order valence-corrected chi connectivity index (χ0v) is 20.1. The summed E-state index contributed by atoms with van der Waals surface area (Å²) in [4.78, 5) is 25.5. The average Bonchev–Trinajstić information content (AvgIpc) is 2.63. The van der Waals surface area contributed by atoms with E-state index >= 15 is 0 Å². The summed E-state index contributed by atoms with van der Waals surface area (Å²) in [6.07, 6.45) is 0.985. The van der Waals surface area contributed by atoms with Gasteiger partial charge in [-0.25, -0.2) is 0 Å². The first kappa shape index (κ1) is 24.6. The van der Waals surface area contributed by atoms with Gasteiger partial charge in [0.25, 0.3) is 0 Å². The van der Waals surface area contributed by atoms with Crippen LogP contribution in [0.15, 0.2) is 24.3 Å². The molecule has 0 atom stereocenters. The van der Waals surface area contributed by atoms with Gasteiger partial charge in [0.15, 0.2) is 11.6 Å². The Kier molecular flexibility index (Phi) is 7.04. The quantitative estimate of drug-likeness (QED) is 0.516. The van der Waals surface area contributed by atoms with Crippen LogP contribution in [0, 0.1) is 13.8 Å². The summed E-state index contributed by atoms with van der Waals surface area (Å²) in [5, 5.41) is 20.7. The second-order valence-electron chi connectivity index (χ2n) is 10.6. The van der Waals surface area contributed by atoms with Gasteiger partial charge in [0.05, 0.1) is 0 Å². The van der Waals surface area contributed by atoms with E-state index in [1.165, 1.54) is 0 Å². The van der Waals surface area contributed by atoms with Crippen LogP contribution in [-0.2, 0) is 10.8 Å². The standard InChI is InChI=1S/C27H36O4/c1-16-12-18(14-20(24(16)30)26(3,4)5)22(28)10-9-11-23(29)19-13-17(2)25(31)21(15-19)27(6,7)8/h12-15,30-31H,9-11H2,1-8H3. The molecule has 0 aliphatic carbocycles. The summed E-state index contributed by atoms with van der Waals surface area (Å²) in [7, 11) is 0. The van der Waals surface area contributed by atoms with E-state index in [1.54, 1.807) is 38.1 Å². The van der Waals surface area contributed by atoms with Crippen molar-refractivity contribution in [2.75, 3.05) is 0 Å². The van der Waals surface area contributed by atoms with Crippen LogP contribution in [0.25, 0.3) is 0 Å². The van der Waals surface area contributed by atoms with Crippen LogP contribution in [0.1, 0.15) is 104 Å². The van der Waals surface area contributed by atoms with Crippen molar-refractivity contribution in [3.05, 3.63) is 57.6 Å². The van der Waals surface area contributed by atoms with Gasteiger partial charge in [-0.3, -0.25) is 9.59 Å². The number of benzene rings is 2. The lowest BCUT2D eigenvalue weighted by molar-refractivity contribution is 0.0957. The van der Waals surface area contributed by atoms with Gasteiger partial charge in [-0.05, 0) is 66.5 Å². The number of ketones is 2. The van der Waals surface area contributed by atoms with Crippen molar-refractivity contribution in [1.82, 2.24) is 0 Å². The lowest BCUT2D eigenvalue weighted by Crippen LogP contribution is -2.14. The predicted octanol–water partition coefficient (Wildman–Crippen LogP) is 6.55. The van der Waals surface area contributed by atoms with E-state index in [0.717, 1.165) is 11.1 Å². The number of phenolic OH excluding ortho intramolecular Hbond substituents is 2. The summed E-state index contributed by atoms with van der Waals surface area (Å²) in [5.41, 5.74) is 3.46. The number of carbonyl (C=O) groups excluding carboxylic acids is 2. The van der Waals surface area contributed by atoms with Crippen LogP contribution in [0.5, 0.6) is 11.5 Å². The Morgan fingerprint density at radius 2 is 1.00 bits per heavy atom. The molecule has 31 heavy (non-hydrogen) atoms. The summed E-state index contributed by atoms with van der Waals surface area (Å²) in [6, 6.07) is 6.97. The first-order chi connectivity index (χ1) is 14.1. The number of carbonyl (C=O) groups is 2. The van der Waals surface area contributed by atoms with Crippen LogP contribution in [0.2, 0.25) is 0 Å². The molecule has 0 unspecified atom stereocenters. The SMILES string of the molecule is Cc1cc(C(=O)CCCC(=O)c2cc(C)c(O)c(C(C)(C)C)c2)cc(C(C)(C)C)c1O. The van der Waals surface area contributed by atoms with E-state index in [9.17, 15) is 19.8 Å². The number of rotatable bonds is 6. The smallest absolute Gasteiger partial charge is 0.162 e. The van der Waals surface area contributed by atoms with Crippen molar-refractivity contribution in [2.24, 2.45) is 0 Å². The van der Waals surface area contributed by atoms with Crippen LogP contribution in [-0.4, -0.2) is 21.8 Å². The molecular weight excluding hydrogens is 388 g/mol. The topological polar surface area (TPSA) is 74.6 Å². The second-order valence-corrected chi connectivity index (χ2v) is 10.6. The number of aromatic hydroxyl groups is 2. The molecule has 2 aromatic carbocycles. The van der Waals surface area contributed by atoms with Crippen molar-refractivity contribution >= 4 is 11.6 Å². The monoisotopic (exact) mass is 424 g/mol. The minimum Gasteiger partial charge on any atom is -0.507 e. The molecule has 0 fully saturated rings. The van der Waals surface area contributed by atoms with Gasteiger partial charge in [-0.15, -0.1) is 0 Å². The van der Waals surface area contributed by atoms with E-state index < -0.39 is 0 Å². The molecule has 4 nitrogen and oxygen atoms in total. The molecule has 0 radical (unpaired) electrons. The minimum absolute atomic E-state index is 0.0290. The molecule has 168 valence electrons. The molecule has 0 spiro atoms. The number of hydrogen-bond acceptors (Lipinski definition) is 4. The normalized spacial score (nSPS) is 12.1. The first-order valence-electron chi connectivity index (χ1n) is 10.9. The Balaban J connectivity index is 2.13. The third kappa shape index (κ3) is 5.75. The van der Waals surface area contributed by atoms with Crippen molar-refractivity contribution in [1.29, 1.82) is 0 Å². The fourth-order valence-corrected chi connectivity index (χ4v) is 3.72. The Labute approximate surface area is 186 Å². The largest absolute Gasteiger partial charge is 0.507 e.